The summed E-state index contributed by atoms with van der Waals surface area (Å²) in [7, 11) is -5.88. The summed E-state index contributed by atoms with van der Waals surface area (Å²) in [6.07, 6.45) is -3.02. The highest BCUT2D eigenvalue weighted by Crippen LogP contribution is 2.39. The number of esters is 1. The van der Waals surface area contributed by atoms with Crippen LogP contribution in [0.4, 0.5) is 13.2 Å². The van der Waals surface area contributed by atoms with E-state index >= 15 is 0 Å². The van der Waals surface area contributed by atoms with Crippen molar-refractivity contribution in [2.75, 3.05) is 6.61 Å². The predicted molar refractivity (Wildman–Crippen MR) is 104 cm³/mol. The number of benzene rings is 2. The van der Waals surface area contributed by atoms with Crippen LogP contribution in [0.2, 0.25) is 0 Å². The number of hydrogen-bond acceptors (Lipinski definition) is 4. The van der Waals surface area contributed by atoms with Crippen LogP contribution in [0, 0.1) is 0 Å². The van der Waals surface area contributed by atoms with Gasteiger partial charge in [0.25, 0.3) is 0 Å². The van der Waals surface area contributed by atoms with Crippen LogP contribution >= 0.6 is 0 Å². The molecule has 1 atom stereocenters. The van der Waals surface area contributed by atoms with Gasteiger partial charge in [0.1, 0.15) is 0 Å². The van der Waals surface area contributed by atoms with Crippen molar-refractivity contribution in [3.8, 4) is 0 Å². The van der Waals surface area contributed by atoms with Crippen molar-refractivity contribution in [2.24, 2.45) is 0 Å². The van der Waals surface area contributed by atoms with Gasteiger partial charge in [-0.15, -0.1) is 0 Å². The average Bonchev–Trinajstić information content (AvgIpc) is 2.70. The Morgan fingerprint density at radius 1 is 1.10 bits per heavy atom. The summed E-state index contributed by atoms with van der Waals surface area (Å²) in [6.45, 7) is -0.719. The van der Waals surface area contributed by atoms with Crippen LogP contribution in [0.1, 0.15) is 47.4 Å². The number of hydrogen-bond donors (Lipinski definition) is 1. The molecule has 0 heterocycles. The molecule has 1 aliphatic rings. The fourth-order valence-corrected chi connectivity index (χ4v) is 4.14. The lowest BCUT2D eigenvalue weighted by Gasteiger charge is -2.28. The summed E-state index contributed by atoms with van der Waals surface area (Å²) in [5.41, 5.74) is 4.56. The molecule has 0 fully saturated rings. The third-order valence-corrected chi connectivity index (χ3v) is 6.17. The first-order valence-corrected chi connectivity index (χ1v) is 10.9. The van der Waals surface area contributed by atoms with E-state index < -0.39 is 40.5 Å². The summed E-state index contributed by atoms with van der Waals surface area (Å²) in [5, 5.41) is -4.95. The van der Waals surface area contributed by atoms with Gasteiger partial charge >= 0.3 is 21.3 Å². The molecule has 0 bridgehead atoms. The van der Waals surface area contributed by atoms with Gasteiger partial charge in [0.2, 0.25) is 0 Å². The van der Waals surface area contributed by atoms with Gasteiger partial charge < -0.3 is 4.74 Å². The van der Waals surface area contributed by atoms with Crippen molar-refractivity contribution in [1.29, 1.82) is 0 Å². The Kier molecular flexibility index (Phi) is 6.52. The molecule has 0 saturated heterocycles. The zero-order chi connectivity index (χ0) is 21.9. The van der Waals surface area contributed by atoms with Crippen LogP contribution in [-0.2, 0) is 26.1 Å². The number of rotatable bonds is 8. The third-order valence-electron chi connectivity index (χ3n) is 5.22. The molecule has 0 aliphatic heterocycles. The monoisotopic (exact) mass is 442 g/mol. The molecule has 1 aliphatic carbocycles. The smallest absolute Gasteiger partial charge is 0.400 e. The fourth-order valence-electron chi connectivity index (χ4n) is 3.69. The van der Waals surface area contributed by atoms with Crippen LogP contribution < -0.4 is 0 Å². The van der Waals surface area contributed by atoms with Crippen LogP contribution in [0.15, 0.2) is 48.5 Å². The van der Waals surface area contributed by atoms with Crippen molar-refractivity contribution in [1.82, 2.24) is 0 Å². The Morgan fingerprint density at radius 3 is 2.17 bits per heavy atom. The van der Waals surface area contributed by atoms with Gasteiger partial charge in [0.15, 0.2) is 6.17 Å². The van der Waals surface area contributed by atoms with Gasteiger partial charge in [-0.25, -0.2) is 4.39 Å². The van der Waals surface area contributed by atoms with Gasteiger partial charge in [-0.1, -0.05) is 48.5 Å². The van der Waals surface area contributed by atoms with Gasteiger partial charge in [0, 0.05) is 18.8 Å². The molecule has 5 nitrogen and oxygen atoms in total. The summed E-state index contributed by atoms with van der Waals surface area (Å²) >= 11 is 0. The first-order chi connectivity index (χ1) is 14.1. The Balaban J connectivity index is 1.58. The Labute approximate surface area is 172 Å². The summed E-state index contributed by atoms with van der Waals surface area (Å²) in [4.78, 5) is 12.0. The van der Waals surface area contributed by atoms with E-state index in [2.05, 4.69) is 0 Å². The number of carbonyl (C=O) groups is 1. The van der Waals surface area contributed by atoms with E-state index in [0.29, 0.717) is 6.42 Å². The predicted octanol–water partition coefficient (Wildman–Crippen LogP) is 4.25. The highest BCUT2D eigenvalue weighted by Gasteiger charge is 2.52. The molecule has 0 amide bonds. The van der Waals surface area contributed by atoms with Crippen LogP contribution in [0.3, 0.4) is 0 Å². The molecular weight excluding hydrogens is 421 g/mol. The van der Waals surface area contributed by atoms with Crippen LogP contribution in [0.5, 0.6) is 0 Å². The number of alkyl halides is 3. The van der Waals surface area contributed by atoms with Crippen LogP contribution in [-0.4, -0.2) is 37.0 Å². The molecule has 9 heteroatoms. The minimum absolute atomic E-state index is 0.0149. The molecular formula is C21H21F3O5S. The standard InChI is InChI=1S/C21H21F3O5S/c22-19(21(23,24)30(26,27)28)11-12-29-20(25)10-9-18-16-7-3-1-5-14(16)13-15-6-2-4-8-17(15)18/h1-8,18-19H,9-13H2,(H,26,27,28). The largest absolute Gasteiger partial charge is 0.466 e. The third kappa shape index (κ3) is 4.67. The number of ether oxygens (including phenoxy) is 1. The van der Waals surface area contributed by atoms with Crippen molar-refractivity contribution >= 4 is 16.1 Å². The van der Waals surface area contributed by atoms with E-state index in [9.17, 15) is 26.4 Å². The maximum Gasteiger partial charge on any atom is 0.400 e. The Bertz CT molecular complexity index is 977. The molecule has 1 unspecified atom stereocenters. The van der Waals surface area contributed by atoms with Crippen molar-refractivity contribution in [3.05, 3.63) is 70.8 Å². The zero-order valence-electron chi connectivity index (χ0n) is 15.9. The second-order valence-electron chi connectivity index (χ2n) is 7.18. The molecule has 0 radical (unpaired) electrons. The van der Waals surface area contributed by atoms with E-state index in [0.717, 1.165) is 17.5 Å². The summed E-state index contributed by atoms with van der Waals surface area (Å²) in [5.74, 6) is -0.727. The van der Waals surface area contributed by atoms with Crippen molar-refractivity contribution in [2.45, 2.75) is 43.0 Å². The first-order valence-electron chi connectivity index (χ1n) is 9.41. The molecule has 1 N–H and O–H groups in total. The minimum atomic E-state index is -5.88. The number of fused-ring (bicyclic) bond motifs is 2. The van der Waals surface area contributed by atoms with Gasteiger partial charge in [0.05, 0.1) is 6.61 Å². The molecule has 2 aromatic rings. The fraction of sp³-hybridized carbons (Fsp3) is 0.381. The molecule has 3 rings (SSSR count). The molecule has 30 heavy (non-hydrogen) atoms. The first kappa shape index (κ1) is 22.3. The quantitative estimate of drug-likeness (QED) is 0.488. The maximum atomic E-state index is 13.5. The lowest BCUT2D eigenvalue weighted by atomic mass is 9.76. The van der Waals surface area contributed by atoms with Crippen molar-refractivity contribution < 1.29 is 35.7 Å². The second-order valence-corrected chi connectivity index (χ2v) is 8.67. The molecule has 2 aromatic carbocycles. The highest BCUT2D eigenvalue weighted by molar-refractivity contribution is 7.86. The average molecular weight is 442 g/mol. The van der Waals surface area contributed by atoms with Gasteiger partial charge in [-0.3, -0.25) is 9.35 Å². The minimum Gasteiger partial charge on any atom is -0.466 e. The molecule has 0 saturated carbocycles. The van der Waals surface area contributed by atoms with Gasteiger partial charge in [-0.05, 0) is 35.1 Å². The SMILES string of the molecule is O=C(CCC1c2ccccc2Cc2ccccc21)OCCC(F)C(F)(F)S(=O)(=O)O. The Morgan fingerprint density at radius 2 is 1.63 bits per heavy atom. The topological polar surface area (TPSA) is 80.7 Å². The van der Waals surface area contributed by atoms with E-state index in [1.54, 1.807) is 0 Å². The van der Waals surface area contributed by atoms with E-state index in [-0.39, 0.29) is 12.3 Å². The lowest BCUT2D eigenvalue weighted by Crippen LogP contribution is -2.39. The van der Waals surface area contributed by atoms with Crippen LogP contribution in [0.25, 0.3) is 0 Å². The summed E-state index contributed by atoms with van der Waals surface area (Å²) < 4.78 is 74.0. The normalized spacial score (nSPS) is 15.2. The van der Waals surface area contributed by atoms with E-state index in [1.165, 1.54) is 11.1 Å². The van der Waals surface area contributed by atoms with Gasteiger partial charge in [-0.2, -0.15) is 17.2 Å². The maximum absolute atomic E-state index is 13.5. The van der Waals surface area contributed by atoms with Crippen molar-refractivity contribution in [3.63, 3.8) is 0 Å². The molecule has 0 spiro atoms. The molecule has 162 valence electrons. The zero-order valence-corrected chi connectivity index (χ0v) is 16.7. The van der Waals surface area contributed by atoms with E-state index in [1.807, 2.05) is 48.5 Å². The second kappa shape index (κ2) is 8.77. The highest BCUT2D eigenvalue weighted by atomic mass is 32.2. The number of carbonyl (C=O) groups excluding carboxylic acids is 1. The number of halogens is 3. The molecule has 0 aromatic heterocycles. The Hall–Kier alpha value is -2.39. The lowest BCUT2D eigenvalue weighted by molar-refractivity contribution is -0.144. The van der Waals surface area contributed by atoms with E-state index in [4.69, 9.17) is 9.29 Å². The summed E-state index contributed by atoms with van der Waals surface area (Å²) in [6, 6.07) is 15.8.